The molecule has 1 fully saturated rings. The predicted octanol–water partition coefficient (Wildman–Crippen LogP) is 6.03. The van der Waals surface area contributed by atoms with Crippen LogP contribution in [-0.2, 0) is 12.8 Å². The van der Waals surface area contributed by atoms with Crippen LogP contribution in [0.5, 0.6) is 0 Å². The molecule has 118 valence electrons. The zero-order valence-corrected chi connectivity index (χ0v) is 14.3. The highest BCUT2D eigenvalue weighted by molar-refractivity contribution is 5.85. The smallest absolute Gasteiger partial charge is 0.0168 e. The van der Waals surface area contributed by atoms with Gasteiger partial charge >= 0.3 is 0 Å². The highest BCUT2D eigenvalue weighted by Crippen LogP contribution is 2.57. The van der Waals surface area contributed by atoms with Gasteiger partial charge in [0.1, 0.15) is 0 Å². The number of aryl methyl sites for hydroxylation is 1. The molecule has 0 aromatic heterocycles. The van der Waals surface area contributed by atoms with Crippen molar-refractivity contribution >= 4 is 10.8 Å². The Balaban J connectivity index is 1.58. The summed E-state index contributed by atoms with van der Waals surface area (Å²) >= 11 is 0. The molecule has 3 atom stereocenters. The Morgan fingerprint density at radius 1 is 1.00 bits per heavy atom. The molecule has 1 spiro atoms. The maximum atomic E-state index is 2.54. The van der Waals surface area contributed by atoms with Crippen molar-refractivity contribution in [3.8, 4) is 0 Å². The topological polar surface area (TPSA) is 0 Å². The molecule has 0 heteroatoms. The standard InChI is InChI=1S/C23H26/c1-15(2)17-4-5-18-11-19-7-8-23(13-16-3-6-22(23)9-16)14-21(19)12-20(18)10-17/h3-6,10-12,15-16,22H,7-9,13-14H2,1-2H3. The largest absolute Gasteiger partial charge is 0.0851 e. The van der Waals surface area contributed by atoms with E-state index in [1.54, 1.807) is 11.1 Å². The van der Waals surface area contributed by atoms with Gasteiger partial charge in [-0.3, -0.25) is 0 Å². The summed E-state index contributed by atoms with van der Waals surface area (Å²) in [5.74, 6) is 2.35. The molecule has 0 amide bonds. The highest BCUT2D eigenvalue weighted by atomic mass is 14.5. The molecule has 23 heavy (non-hydrogen) atoms. The van der Waals surface area contributed by atoms with E-state index in [9.17, 15) is 0 Å². The van der Waals surface area contributed by atoms with Gasteiger partial charge in [0.2, 0.25) is 0 Å². The lowest BCUT2D eigenvalue weighted by Crippen LogP contribution is -2.32. The van der Waals surface area contributed by atoms with E-state index < -0.39 is 0 Å². The van der Waals surface area contributed by atoms with Gasteiger partial charge in [-0.05, 0) is 82.7 Å². The predicted molar refractivity (Wildman–Crippen MR) is 97.8 cm³/mol. The van der Waals surface area contributed by atoms with Crippen LogP contribution in [0.3, 0.4) is 0 Å². The van der Waals surface area contributed by atoms with Gasteiger partial charge in [0.25, 0.3) is 0 Å². The second-order valence-electron chi connectivity index (χ2n) is 8.61. The molecule has 2 aromatic rings. The Labute approximate surface area is 139 Å². The van der Waals surface area contributed by atoms with E-state index >= 15 is 0 Å². The zero-order valence-electron chi connectivity index (χ0n) is 14.3. The minimum Gasteiger partial charge on any atom is -0.0851 e. The molecule has 1 saturated carbocycles. The average Bonchev–Trinajstić information content (AvgIpc) is 3.13. The summed E-state index contributed by atoms with van der Waals surface area (Å²) in [5.41, 5.74) is 5.32. The van der Waals surface area contributed by atoms with Gasteiger partial charge in [-0.2, -0.15) is 0 Å². The fourth-order valence-electron chi connectivity index (χ4n) is 5.56. The first-order valence-corrected chi connectivity index (χ1v) is 9.37. The summed E-state index contributed by atoms with van der Waals surface area (Å²) in [6.07, 6.45) is 11.9. The first kappa shape index (κ1) is 13.8. The molecule has 3 aliphatic rings. The van der Waals surface area contributed by atoms with Crippen molar-refractivity contribution in [3.63, 3.8) is 0 Å². The molecule has 2 bridgehead atoms. The lowest BCUT2D eigenvalue weighted by Gasteiger charge is -2.40. The second-order valence-corrected chi connectivity index (χ2v) is 8.61. The average molecular weight is 302 g/mol. The van der Waals surface area contributed by atoms with Crippen LogP contribution in [0.15, 0.2) is 42.5 Å². The van der Waals surface area contributed by atoms with Gasteiger partial charge < -0.3 is 0 Å². The third-order valence-electron chi connectivity index (χ3n) is 6.91. The van der Waals surface area contributed by atoms with Gasteiger partial charge in [-0.1, -0.05) is 56.3 Å². The number of hydrogen-bond acceptors (Lipinski definition) is 0. The normalized spacial score (nSPS) is 31.4. The van der Waals surface area contributed by atoms with Crippen LogP contribution in [0.2, 0.25) is 0 Å². The van der Waals surface area contributed by atoms with Crippen LogP contribution < -0.4 is 0 Å². The lowest BCUT2D eigenvalue weighted by atomic mass is 9.64. The number of benzene rings is 2. The number of fused-ring (bicyclic) bond motifs is 5. The van der Waals surface area contributed by atoms with E-state index in [-0.39, 0.29) is 0 Å². The summed E-state index contributed by atoms with van der Waals surface area (Å²) in [6, 6.07) is 12.1. The quantitative estimate of drug-likeness (QED) is 0.564. The van der Waals surface area contributed by atoms with Crippen molar-refractivity contribution in [3.05, 3.63) is 59.2 Å². The van der Waals surface area contributed by atoms with Gasteiger partial charge in [-0.25, -0.2) is 0 Å². The molecule has 0 saturated heterocycles. The van der Waals surface area contributed by atoms with Crippen LogP contribution in [-0.4, -0.2) is 0 Å². The second kappa shape index (κ2) is 4.72. The summed E-state index contributed by atoms with van der Waals surface area (Å²) < 4.78 is 0. The third-order valence-corrected chi connectivity index (χ3v) is 6.91. The van der Waals surface area contributed by atoms with E-state index in [1.165, 1.54) is 48.4 Å². The SMILES string of the molecule is CC(C)c1ccc2cc3c(cc2c1)CC1(CC3)CC2C=CC1C2. The molecule has 0 nitrogen and oxygen atoms in total. The first-order valence-electron chi connectivity index (χ1n) is 9.37. The molecule has 0 radical (unpaired) electrons. The van der Waals surface area contributed by atoms with Crippen molar-refractivity contribution in [2.24, 2.45) is 17.3 Å². The molecule has 3 aliphatic carbocycles. The van der Waals surface area contributed by atoms with Crippen molar-refractivity contribution in [1.29, 1.82) is 0 Å². The maximum absolute atomic E-state index is 2.54. The van der Waals surface area contributed by atoms with Crippen LogP contribution in [0, 0.1) is 17.3 Å². The summed E-state index contributed by atoms with van der Waals surface area (Å²) in [7, 11) is 0. The Bertz CT molecular complexity index is 810. The maximum Gasteiger partial charge on any atom is -0.0168 e. The minimum atomic E-state index is 0.593. The number of allylic oxidation sites excluding steroid dienone is 2. The minimum absolute atomic E-state index is 0.593. The number of hydrogen-bond donors (Lipinski definition) is 0. The molecule has 0 heterocycles. The fourth-order valence-corrected chi connectivity index (χ4v) is 5.56. The zero-order chi connectivity index (χ0) is 15.6. The van der Waals surface area contributed by atoms with E-state index in [0.29, 0.717) is 11.3 Å². The van der Waals surface area contributed by atoms with Crippen LogP contribution in [0.1, 0.15) is 55.7 Å². The van der Waals surface area contributed by atoms with Gasteiger partial charge in [0.05, 0.1) is 0 Å². The molecule has 0 N–H and O–H groups in total. The molecule has 5 rings (SSSR count). The van der Waals surface area contributed by atoms with E-state index in [0.717, 1.165) is 11.8 Å². The Morgan fingerprint density at radius 3 is 2.61 bits per heavy atom. The first-order chi connectivity index (χ1) is 11.1. The lowest BCUT2D eigenvalue weighted by molar-refractivity contribution is 0.195. The third kappa shape index (κ3) is 2.04. The van der Waals surface area contributed by atoms with E-state index in [1.807, 2.05) is 0 Å². The van der Waals surface area contributed by atoms with Gasteiger partial charge in [-0.15, -0.1) is 0 Å². The number of rotatable bonds is 1. The molecular weight excluding hydrogens is 276 g/mol. The van der Waals surface area contributed by atoms with Crippen molar-refractivity contribution in [1.82, 2.24) is 0 Å². The fraction of sp³-hybridized carbons (Fsp3) is 0.478. The molecule has 3 unspecified atom stereocenters. The van der Waals surface area contributed by atoms with E-state index in [4.69, 9.17) is 0 Å². The monoisotopic (exact) mass is 302 g/mol. The Hall–Kier alpha value is -1.56. The summed E-state index contributed by atoms with van der Waals surface area (Å²) in [5, 5.41) is 2.88. The van der Waals surface area contributed by atoms with E-state index in [2.05, 4.69) is 56.3 Å². The highest BCUT2D eigenvalue weighted by Gasteiger charge is 2.49. The van der Waals surface area contributed by atoms with Crippen LogP contribution >= 0.6 is 0 Å². The summed E-state index contributed by atoms with van der Waals surface area (Å²) in [4.78, 5) is 0. The van der Waals surface area contributed by atoms with Crippen molar-refractivity contribution in [2.45, 2.75) is 51.9 Å². The van der Waals surface area contributed by atoms with Crippen LogP contribution in [0.25, 0.3) is 10.8 Å². The van der Waals surface area contributed by atoms with Crippen molar-refractivity contribution in [2.75, 3.05) is 0 Å². The van der Waals surface area contributed by atoms with Gasteiger partial charge in [0.15, 0.2) is 0 Å². The molecule has 2 aromatic carbocycles. The molecular formula is C23H26. The Morgan fingerprint density at radius 2 is 1.87 bits per heavy atom. The molecule has 0 aliphatic heterocycles. The Kier molecular flexibility index (Phi) is 2.84. The van der Waals surface area contributed by atoms with Crippen LogP contribution in [0.4, 0.5) is 0 Å². The van der Waals surface area contributed by atoms with Gasteiger partial charge in [0, 0.05) is 0 Å². The van der Waals surface area contributed by atoms with Crippen molar-refractivity contribution < 1.29 is 0 Å². The summed E-state index contributed by atoms with van der Waals surface area (Å²) in [6.45, 7) is 4.58.